The summed E-state index contributed by atoms with van der Waals surface area (Å²) >= 11 is 0. The molecule has 27 heavy (non-hydrogen) atoms. The van der Waals surface area contributed by atoms with Crippen LogP contribution in [0.3, 0.4) is 0 Å². The van der Waals surface area contributed by atoms with E-state index in [4.69, 9.17) is 9.15 Å². The van der Waals surface area contributed by atoms with Crippen molar-refractivity contribution in [2.24, 2.45) is 5.92 Å². The lowest BCUT2D eigenvalue weighted by Gasteiger charge is -2.14. The number of carbonyl (C=O) groups is 1. The van der Waals surface area contributed by atoms with Crippen molar-refractivity contribution in [3.05, 3.63) is 65.9 Å². The molecule has 0 aliphatic carbocycles. The Hall–Kier alpha value is -2.83. The number of hydrogen-bond acceptors (Lipinski definition) is 5. The summed E-state index contributed by atoms with van der Waals surface area (Å²) in [5, 5.41) is 16.8. The third-order valence-electron chi connectivity index (χ3n) is 4.86. The van der Waals surface area contributed by atoms with Gasteiger partial charge >= 0.3 is 0 Å². The van der Waals surface area contributed by atoms with E-state index in [9.17, 15) is 9.90 Å². The number of rotatable bonds is 6. The van der Waals surface area contributed by atoms with E-state index in [1.165, 1.54) is 0 Å². The molecule has 4 rings (SSSR count). The maximum Gasteiger partial charge on any atom is 0.287 e. The third-order valence-corrected chi connectivity index (χ3v) is 4.86. The van der Waals surface area contributed by atoms with Crippen molar-refractivity contribution in [1.29, 1.82) is 0 Å². The zero-order valence-corrected chi connectivity index (χ0v) is 14.9. The van der Waals surface area contributed by atoms with E-state index in [-0.39, 0.29) is 24.2 Å². The van der Waals surface area contributed by atoms with Gasteiger partial charge in [0.05, 0.1) is 6.10 Å². The van der Waals surface area contributed by atoms with Gasteiger partial charge in [-0.25, -0.2) is 0 Å². The largest absolute Gasteiger partial charge is 0.489 e. The van der Waals surface area contributed by atoms with Crippen molar-refractivity contribution >= 4 is 16.9 Å². The smallest absolute Gasteiger partial charge is 0.287 e. The summed E-state index contributed by atoms with van der Waals surface area (Å²) < 4.78 is 11.7. The first-order valence-electron chi connectivity index (χ1n) is 9.07. The van der Waals surface area contributed by atoms with Crippen LogP contribution in [0.4, 0.5) is 0 Å². The van der Waals surface area contributed by atoms with Crippen LogP contribution in [-0.4, -0.2) is 36.8 Å². The van der Waals surface area contributed by atoms with Crippen LogP contribution in [0.15, 0.2) is 59.0 Å². The van der Waals surface area contributed by atoms with Crippen molar-refractivity contribution < 1.29 is 19.1 Å². The fourth-order valence-corrected chi connectivity index (χ4v) is 3.33. The van der Waals surface area contributed by atoms with Crippen molar-refractivity contribution in [2.75, 3.05) is 19.6 Å². The van der Waals surface area contributed by atoms with Gasteiger partial charge in [-0.2, -0.15) is 0 Å². The van der Waals surface area contributed by atoms with Gasteiger partial charge in [-0.05, 0) is 18.2 Å². The van der Waals surface area contributed by atoms with Crippen LogP contribution in [0, 0.1) is 5.92 Å². The van der Waals surface area contributed by atoms with E-state index in [1.807, 2.05) is 54.6 Å². The van der Waals surface area contributed by atoms with Crippen molar-refractivity contribution in [1.82, 2.24) is 10.6 Å². The molecule has 0 saturated carbocycles. The van der Waals surface area contributed by atoms with Crippen LogP contribution < -0.4 is 15.4 Å². The van der Waals surface area contributed by atoms with Gasteiger partial charge in [-0.3, -0.25) is 4.79 Å². The highest BCUT2D eigenvalue weighted by molar-refractivity contribution is 5.99. The summed E-state index contributed by atoms with van der Waals surface area (Å²) in [4.78, 5) is 12.7. The fourth-order valence-electron chi connectivity index (χ4n) is 3.33. The van der Waals surface area contributed by atoms with Gasteiger partial charge in [0, 0.05) is 36.5 Å². The van der Waals surface area contributed by atoms with Gasteiger partial charge < -0.3 is 24.9 Å². The Balaban J connectivity index is 1.54. The number of β-amino-alcohol motifs (C(OH)–C–C–N with tert-alkyl or cyclic N) is 1. The average Bonchev–Trinajstić information content (AvgIpc) is 3.28. The number of para-hydroxylation sites is 2. The molecule has 0 radical (unpaired) electrons. The normalized spacial score (nSPS) is 19.3. The third kappa shape index (κ3) is 3.82. The highest BCUT2D eigenvalue weighted by Gasteiger charge is 2.27. The van der Waals surface area contributed by atoms with Crippen molar-refractivity contribution in [2.45, 2.75) is 12.7 Å². The minimum atomic E-state index is -0.443. The molecule has 1 fully saturated rings. The molecule has 140 valence electrons. The van der Waals surface area contributed by atoms with Crippen LogP contribution in [0.1, 0.15) is 16.1 Å². The number of aliphatic hydroxyl groups is 1. The molecule has 6 nitrogen and oxygen atoms in total. The van der Waals surface area contributed by atoms with E-state index in [0.717, 1.165) is 16.7 Å². The summed E-state index contributed by atoms with van der Waals surface area (Å²) in [6, 6.07) is 17.0. The molecule has 2 atom stereocenters. The van der Waals surface area contributed by atoms with E-state index >= 15 is 0 Å². The predicted octanol–water partition coefficient (Wildman–Crippen LogP) is 2.32. The van der Waals surface area contributed by atoms with Crippen LogP contribution in [-0.2, 0) is 6.61 Å². The average molecular weight is 366 g/mol. The number of fused-ring (bicyclic) bond motifs is 1. The van der Waals surface area contributed by atoms with Gasteiger partial charge in [0.2, 0.25) is 0 Å². The molecule has 1 aromatic heterocycles. The van der Waals surface area contributed by atoms with Gasteiger partial charge in [-0.15, -0.1) is 0 Å². The minimum absolute atomic E-state index is 0.00217. The Bertz CT molecular complexity index is 922. The number of ether oxygens (including phenoxy) is 1. The molecule has 1 aliphatic rings. The van der Waals surface area contributed by atoms with E-state index in [1.54, 1.807) is 0 Å². The molecule has 1 saturated heterocycles. The lowest BCUT2D eigenvalue weighted by atomic mass is 10.1. The lowest BCUT2D eigenvalue weighted by Crippen LogP contribution is -2.34. The number of benzene rings is 2. The molecule has 2 unspecified atom stereocenters. The van der Waals surface area contributed by atoms with Crippen molar-refractivity contribution in [3.63, 3.8) is 0 Å². The first kappa shape index (κ1) is 17.6. The minimum Gasteiger partial charge on any atom is -0.489 e. The Morgan fingerprint density at radius 1 is 1.15 bits per heavy atom. The highest BCUT2D eigenvalue weighted by Crippen LogP contribution is 2.27. The Labute approximate surface area is 157 Å². The zero-order valence-electron chi connectivity index (χ0n) is 14.9. The zero-order chi connectivity index (χ0) is 18.6. The highest BCUT2D eigenvalue weighted by atomic mass is 16.5. The Morgan fingerprint density at radius 3 is 2.70 bits per heavy atom. The summed E-state index contributed by atoms with van der Waals surface area (Å²) in [6.45, 7) is 1.87. The van der Waals surface area contributed by atoms with Crippen LogP contribution in [0.25, 0.3) is 11.0 Å². The summed E-state index contributed by atoms with van der Waals surface area (Å²) in [7, 11) is 0. The van der Waals surface area contributed by atoms with Crippen molar-refractivity contribution in [3.8, 4) is 5.75 Å². The second kappa shape index (κ2) is 7.82. The number of carbonyl (C=O) groups excluding carboxylic acids is 1. The second-order valence-corrected chi connectivity index (χ2v) is 6.70. The summed E-state index contributed by atoms with van der Waals surface area (Å²) in [5.74, 6) is 0.696. The first-order valence-corrected chi connectivity index (χ1v) is 9.07. The molecule has 3 aromatic rings. The van der Waals surface area contributed by atoms with Gasteiger partial charge in [-0.1, -0.05) is 36.4 Å². The van der Waals surface area contributed by atoms with Crippen LogP contribution in [0.5, 0.6) is 5.75 Å². The molecule has 0 bridgehead atoms. The Morgan fingerprint density at radius 2 is 1.93 bits per heavy atom. The van der Waals surface area contributed by atoms with Gasteiger partial charge in [0.25, 0.3) is 5.91 Å². The second-order valence-electron chi connectivity index (χ2n) is 6.70. The first-order chi connectivity index (χ1) is 13.2. The molecular weight excluding hydrogens is 344 g/mol. The van der Waals surface area contributed by atoms with Gasteiger partial charge in [0.1, 0.15) is 17.9 Å². The van der Waals surface area contributed by atoms with Gasteiger partial charge in [0.15, 0.2) is 5.76 Å². The monoisotopic (exact) mass is 366 g/mol. The maximum absolute atomic E-state index is 12.7. The summed E-state index contributed by atoms with van der Waals surface area (Å²) in [6.07, 6.45) is -0.443. The maximum atomic E-state index is 12.7. The van der Waals surface area contributed by atoms with Crippen LogP contribution >= 0.6 is 0 Å². The lowest BCUT2D eigenvalue weighted by molar-refractivity contribution is 0.0898. The number of amides is 1. The van der Waals surface area contributed by atoms with Crippen LogP contribution in [0.2, 0.25) is 0 Å². The predicted molar refractivity (Wildman–Crippen MR) is 102 cm³/mol. The number of nitrogens with one attached hydrogen (secondary N) is 2. The SMILES string of the molecule is O=C(NCC1CNCC1O)c1oc2ccccc2c1COc1ccccc1. The molecule has 2 heterocycles. The Kier molecular flexibility index (Phi) is 5.09. The molecular formula is C21H22N2O4. The van der Waals surface area contributed by atoms with E-state index in [2.05, 4.69) is 10.6 Å². The van der Waals surface area contributed by atoms with E-state index in [0.29, 0.717) is 25.2 Å². The molecule has 6 heteroatoms. The fraction of sp³-hybridized carbons (Fsp3) is 0.286. The summed E-state index contributed by atoms with van der Waals surface area (Å²) in [5.41, 5.74) is 1.37. The number of hydrogen-bond donors (Lipinski definition) is 3. The molecule has 3 N–H and O–H groups in total. The number of furan rings is 1. The topological polar surface area (TPSA) is 83.7 Å². The molecule has 0 spiro atoms. The molecule has 1 aliphatic heterocycles. The quantitative estimate of drug-likeness (QED) is 0.624. The molecule has 1 amide bonds. The standard InChI is InChI=1S/C21H22N2O4/c24-18-12-22-10-14(18)11-23-21(25)20-17(13-26-15-6-2-1-3-7-15)16-8-4-5-9-19(16)27-20/h1-9,14,18,22,24H,10-13H2,(H,23,25). The van der Waals surface area contributed by atoms with E-state index < -0.39 is 6.10 Å². The molecule has 2 aromatic carbocycles. The number of aliphatic hydroxyl groups excluding tert-OH is 1.